The van der Waals surface area contributed by atoms with Gasteiger partial charge >= 0.3 is 0 Å². The van der Waals surface area contributed by atoms with Gasteiger partial charge < -0.3 is 9.47 Å². The van der Waals surface area contributed by atoms with E-state index in [0.29, 0.717) is 0 Å². The molecule has 0 aromatic rings. The third-order valence-electron chi connectivity index (χ3n) is 4.44. The molecule has 16 heavy (non-hydrogen) atoms. The number of fused-ring (bicyclic) bond motifs is 3. The monoisotopic (exact) mass is 218 g/mol. The molecular weight excluding hydrogens is 200 g/mol. The van der Waals surface area contributed by atoms with E-state index in [-0.39, 0.29) is 22.9 Å². The van der Waals surface area contributed by atoms with Crippen LogP contribution in [0.2, 0.25) is 0 Å². The van der Waals surface area contributed by atoms with E-state index in [0.717, 1.165) is 12.8 Å². The maximum Gasteiger partial charge on any atom is 0.137 e. The number of epoxide rings is 2. The van der Waals surface area contributed by atoms with E-state index in [1.165, 1.54) is 5.57 Å². The summed E-state index contributed by atoms with van der Waals surface area (Å²) in [5.41, 5.74) is 0.588. The molecule has 0 aromatic carbocycles. The average Bonchev–Trinajstić information content (AvgIpc) is 3.19. The summed E-state index contributed by atoms with van der Waals surface area (Å²) in [5.74, 6) is 0. The standard InChI is InChI=1S/C14H18O2/c1-5-10-9-12(6-2)14(8-4,16-12)11-13(10,7-3)15-11/h6-7,9,11H,2-3,5,8H2,1,4H3. The molecule has 3 rings (SSSR count). The van der Waals surface area contributed by atoms with Crippen LogP contribution < -0.4 is 0 Å². The minimum atomic E-state index is -0.277. The highest BCUT2D eigenvalue weighted by molar-refractivity contribution is 5.53. The van der Waals surface area contributed by atoms with Crippen molar-refractivity contribution in [1.29, 1.82) is 0 Å². The summed E-state index contributed by atoms with van der Waals surface area (Å²) >= 11 is 0. The fourth-order valence-electron chi connectivity index (χ4n) is 3.38. The van der Waals surface area contributed by atoms with Gasteiger partial charge in [0, 0.05) is 0 Å². The molecule has 2 fully saturated rings. The van der Waals surface area contributed by atoms with Crippen molar-refractivity contribution in [2.24, 2.45) is 0 Å². The SMILES string of the molecule is C=CC12OC1C1(CC)OC1(C=C)C=C2CC. The van der Waals surface area contributed by atoms with E-state index < -0.39 is 0 Å². The molecule has 86 valence electrons. The van der Waals surface area contributed by atoms with Crippen molar-refractivity contribution in [2.75, 3.05) is 0 Å². The first-order valence-corrected chi connectivity index (χ1v) is 6.02. The van der Waals surface area contributed by atoms with Crippen LogP contribution in [0.5, 0.6) is 0 Å². The molecule has 0 bridgehead atoms. The Hall–Kier alpha value is -0.860. The van der Waals surface area contributed by atoms with Gasteiger partial charge in [0.25, 0.3) is 0 Å². The fraction of sp³-hybridized carbons (Fsp3) is 0.571. The minimum absolute atomic E-state index is 0.139. The smallest absolute Gasteiger partial charge is 0.137 e. The third-order valence-corrected chi connectivity index (χ3v) is 4.44. The van der Waals surface area contributed by atoms with Gasteiger partial charge in [-0.15, -0.1) is 0 Å². The summed E-state index contributed by atoms with van der Waals surface area (Å²) in [6.45, 7) is 12.1. The van der Waals surface area contributed by atoms with E-state index in [9.17, 15) is 0 Å². The van der Waals surface area contributed by atoms with Crippen molar-refractivity contribution < 1.29 is 9.47 Å². The molecule has 0 amide bonds. The normalized spacial score (nSPS) is 52.1. The van der Waals surface area contributed by atoms with E-state index in [1.807, 2.05) is 12.2 Å². The van der Waals surface area contributed by atoms with Crippen molar-refractivity contribution in [2.45, 2.75) is 49.6 Å². The molecule has 2 heteroatoms. The van der Waals surface area contributed by atoms with Crippen molar-refractivity contribution in [3.63, 3.8) is 0 Å². The zero-order valence-corrected chi connectivity index (χ0v) is 9.95. The Bertz CT molecular complexity index is 411. The quantitative estimate of drug-likeness (QED) is 0.535. The average molecular weight is 218 g/mol. The highest BCUT2D eigenvalue weighted by atomic mass is 16.7. The molecular formula is C14H18O2. The number of hydrogen-bond acceptors (Lipinski definition) is 2. The van der Waals surface area contributed by atoms with Gasteiger partial charge in [-0.2, -0.15) is 0 Å². The zero-order chi connectivity index (χ0) is 11.6. The molecule has 2 heterocycles. The van der Waals surface area contributed by atoms with Crippen LogP contribution in [-0.2, 0) is 9.47 Å². The number of rotatable bonds is 4. The summed E-state index contributed by atoms with van der Waals surface area (Å²) in [6.07, 6.45) is 8.11. The van der Waals surface area contributed by atoms with E-state index in [2.05, 4.69) is 33.1 Å². The van der Waals surface area contributed by atoms with Crippen molar-refractivity contribution in [3.05, 3.63) is 37.0 Å². The first-order valence-electron chi connectivity index (χ1n) is 6.02. The second kappa shape index (κ2) is 2.69. The van der Waals surface area contributed by atoms with Crippen LogP contribution in [-0.4, -0.2) is 22.9 Å². The predicted molar refractivity (Wildman–Crippen MR) is 63.2 cm³/mol. The summed E-state index contributed by atoms with van der Waals surface area (Å²) in [6, 6.07) is 0. The first kappa shape index (κ1) is 10.3. The lowest BCUT2D eigenvalue weighted by molar-refractivity contribution is 0.223. The molecule has 2 aliphatic heterocycles. The van der Waals surface area contributed by atoms with Crippen LogP contribution in [0.4, 0.5) is 0 Å². The van der Waals surface area contributed by atoms with Gasteiger partial charge in [-0.1, -0.05) is 39.2 Å². The highest BCUT2D eigenvalue weighted by Crippen LogP contribution is 2.69. The number of hydrogen-bond donors (Lipinski definition) is 0. The first-order chi connectivity index (χ1) is 7.64. The second-order valence-corrected chi connectivity index (χ2v) is 4.86. The summed E-state index contributed by atoms with van der Waals surface area (Å²) in [5, 5.41) is 0. The van der Waals surface area contributed by atoms with Crippen molar-refractivity contribution in [3.8, 4) is 0 Å². The molecule has 0 N–H and O–H groups in total. The van der Waals surface area contributed by atoms with Gasteiger partial charge in [0.2, 0.25) is 0 Å². The highest BCUT2D eigenvalue weighted by Gasteiger charge is 2.83. The molecule has 2 saturated heterocycles. The zero-order valence-electron chi connectivity index (χ0n) is 9.95. The Morgan fingerprint density at radius 2 is 2.12 bits per heavy atom. The predicted octanol–water partition coefficient (Wildman–Crippen LogP) is 2.76. The lowest BCUT2D eigenvalue weighted by Crippen LogP contribution is -2.37. The Kier molecular flexibility index (Phi) is 1.73. The second-order valence-electron chi connectivity index (χ2n) is 4.86. The van der Waals surface area contributed by atoms with Gasteiger partial charge in [-0.05, 0) is 24.5 Å². The molecule has 3 aliphatic rings. The van der Waals surface area contributed by atoms with Crippen LogP contribution in [0, 0.1) is 0 Å². The Labute approximate surface area is 96.6 Å². The van der Waals surface area contributed by atoms with E-state index in [1.54, 1.807) is 0 Å². The minimum Gasteiger partial charge on any atom is -0.354 e. The summed E-state index contributed by atoms with van der Waals surface area (Å²) < 4.78 is 11.9. The lowest BCUT2D eigenvalue weighted by Gasteiger charge is -2.22. The maximum atomic E-state index is 6.00. The van der Waals surface area contributed by atoms with E-state index >= 15 is 0 Å². The molecule has 0 aromatic heterocycles. The van der Waals surface area contributed by atoms with Crippen molar-refractivity contribution >= 4 is 0 Å². The van der Waals surface area contributed by atoms with Crippen LogP contribution in [0.15, 0.2) is 37.0 Å². The Balaban J connectivity index is 2.11. The molecule has 4 unspecified atom stereocenters. The van der Waals surface area contributed by atoms with Crippen LogP contribution in [0.1, 0.15) is 26.7 Å². The van der Waals surface area contributed by atoms with Gasteiger partial charge in [0.1, 0.15) is 22.9 Å². The van der Waals surface area contributed by atoms with Crippen LogP contribution in [0.25, 0.3) is 0 Å². The van der Waals surface area contributed by atoms with Gasteiger partial charge in [-0.3, -0.25) is 0 Å². The molecule has 0 spiro atoms. The molecule has 1 aliphatic carbocycles. The Morgan fingerprint density at radius 1 is 1.38 bits per heavy atom. The third kappa shape index (κ3) is 0.802. The molecule has 0 saturated carbocycles. The lowest BCUT2D eigenvalue weighted by atomic mass is 9.73. The molecule has 0 radical (unpaired) electrons. The van der Waals surface area contributed by atoms with Gasteiger partial charge in [0.15, 0.2) is 0 Å². The van der Waals surface area contributed by atoms with Gasteiger partial charge in [0.05, 0.1) is 0 Å². The summed E-state index contributed by atoms with van der Waals surface area (Å²) in [7, 11) is 0. The van der Waals surface area contributed by atoms with E-state index in [4.69, 9.17) is 9.47 Å². The molecule has 2 nitrogen and oxygen atoms in total. The van der Waals surface area contributed by atoms with Gasteiger partial charge in [-0.25, -0.2) is 0 Å². The topological polar surface area (TPSA) is 25.1 Å². The largest absolute Gasteiger partial charge is 0.354 e. The van der Waals surface area contributed by atoms with Crippen LogP contribution >= 0.6 is 0 Å². The van der Waals surface area contributed by atoms with Crippen molar-refractivity contribution in [1.82, 2.24) is 0 Å². The fourth-order valence-corrected chi connectivity index (χ4v) is 3.38. The van der Waals surface area contributed by atoms with Crippen LogP contribution in [0.3, 0.4) is 0 Å². The number of ether oxygens (including phenoxy) is 2. The maximum absolute atomic E-state index is 6.00. The summed E-state index contributed by atoms with van der Waals surface area (Å²) in [4.78, 5) is 0. The molecule has 4 atom stereocenters. The Morgan fingerprint density at radius 3 is 2.62 bits per heavy atom.